The standard InChI is InChI=1S/C20H13.CH3.Y/c1-3-7-17-13(5-1)9-15-11-20-16(12-19(15)17)10-14-6-2-4-8-18(14)20;;/h1,3-8,11-12H,9-10H2;1H3;/q2*-1;. The van der Waals surface area contributed by atoms with Gasteiger partial charge in [-0.2, -0.15) is 24.3 Å². The summed E-state index contributed by atoms with van der Waals surface area (Å²) in [5.41, 5.74) is 11.5. The van der Waals surface area contributed by atoms with Gasteiger partial charge < -0.3 is 7.43 Å². The average molecular weight is 357 g/mol. The van der Waals surface area contributed by atoms with Crippen LogP contribution in [-0.4, -0.2) is 0 Å². The van der Waals surface area contributed by atoms with Gasteiger partial charge >= 0.3 is 0 Å². The van der Waals surface area contributed by atoms with Crippen LogP contribution in [0.1, 0.15) is 22.3 Å². The van der Waals surface area contributed by atoms with Gasteiger partial charge in [0.15, 0.2) is 0 Å². The second-order valence-corrected chi connectivity index (χ2v) is 5.76. The summed E-state index contributed by atoms with van der Waals surface area (Å²) >= 11 is 0. The van der Waals surface area contributed by atoms with Gasteiger partial charge in [0, 0.05) is 32.7 Å². The molecule has 0 aliphatic heterocycles. The molecule has 0 bridgehead atoms. The number of rotatable bonds is 0. The molecule has 1 heteroatoms. The zero-order valence-corrected chi connectivity index (χ0v) is 15.5. The Labute approximate surface area is 157 Å². The number of hydrogen-bond donors (Lipinski definition) is 0. The quantitative estimate of drug-likeness (QED) is 0.339. The summed E-state index contributed by atoms with van der Waals surface area (Å²) in [4.78, 5) is 0. The largest absolute Gasteiger partial charge is 0.358 e. The molecule has 22 heavy (non-hydrogen) atoms. The summed E-state index contributed by atoms with van der Waals surface area (Å²) in [6.45, 7) is 0. The second kappa shape index (κ2) is 5.76. The van der Waals surface area contributed by atoms with Crippen molar-refractivity contribution in [2.24, 2.45) is 0 Å². The van der Waals surface area contributed by atoms with Crippen LogP contribution in [-0.2, 0) is 45.6 Å². The summed E-state index contributed by atoms with van der Waals surface area (Å²) in [5, 5.41) is 0. The summed E-state index contributed by atoms with van der Waals surface area (Å²) < 4.78 is 0. The maximum absolute atomic E-state index is 3.20. The van der Waals surface area contributed by atoms with Gasteiger partial charge in [-0.1, -0.05) is 36.4 Å². The third-order valence-electron chi connectivity index (χ3n) is 4.64. The zero-order valence-electron chi connectivity index (χ0n) is 12.7. The fourth-order valence-electron chi connectivity index (χ4n) is 3.70. The molecule has 0 unspecified atom stereocenters. The molecular weight excluding hydrogens is 341 g/mol. The molecule has 5 rings (SSSR count). The van der Waals surface area contributed by atoms with Crippen LogP contribution < -0.4 is 0 Å². The molecule has 0 fully saturated rings. The van der Waals surface area contributed by atoms with Crippen LogP contribution in [0.5, 0.6) is 0 Å². The molecular formula is C21H16Y-2. The molecule has 0 atom stereocenters. The molecule has 0 spiro atoms. The van der Waals surface area contributed by atoms with Crippen molar-refractivity contribution in [1.29, 1.82) is 0 Å². The molecule has 0 saturated heterocycles. The second-order valence-electron chi connectivity index (χ2n) is 5.76. The van der Waals surface area contributed by atoms with Crippen LogP contribution in [0.2, 0.25) is 0 Å². The van der Waals surface area contributed by atoms with Gasteiger partial charge in [-0.05, 0) is 46.2 Å². The summed E-state index contributed by atoms with van der Waals surface area (Å²) in [6.07, 6.45) is 2.13. The number of fused-ring (bicyclic) bond motifs is 6. The molecule has 3 aromatic rings. The van der Waals surface area contributed by atoms with Crippen LogP contribution >= 0.6 is 0 Å². The maximum Gasteiger partial charge on any atom is 0 e. The summed E-state index contributed by atoms with van der Waals surface area (Å²) in [7, 11) is 0. The van der Waals surface area contributed by atoms with Crippen molar-refractivity contribution >= 4 is 0 Å². The topological polar surface area (TPSA) is 0 Å². The molecule has 105 valence electrons. The van der Waals surface area contributed by atoms with E-state index in [2.05, 4.69) is 54.6 Å². The fraction of sp³-hybridized carbons (Fsp3) is 0.0952. The van der Waals surface area contributed by atoms with E-state index in [0.717, 1.165) is 12.8 Å². The van der Waals surface area contributed by atoms with Gasteiger partial charge in [-0.15, -0.1) is 11.1 Å². The predicted molar refractivity (Wildman–Crippen MR) is 88.2 cm³/mol. The van der Waals surface area contributed by atoms with Gasteiger partial charge in [-0.25, -0.2) is 0 Å². The van der Waals surface area contributed by atoms with Crippen molar-refractivity contribution < 1.29 is 32.7 Å². The van der Waals surface area contributed by atoms with Crippen molar-refractivity contribution in [2.45, 2.75) is 12.8 Å². The normalized spacial score (nSPS) is 12.4. The van der Waals surface area contributed by atoms with Gasteiger partial charge in [0.2, 0.25) is 0 Å². The maximum atomic E-state index is 3.20. The molecule has 3 aromatic carbocycles. The number of benzene rings is 3. The van der Waals surface area contributed by atoms with Gasteiger partial charge in [0.05, 0.1) is 0 Å². The molecule has 0 aromatic heterocycles. The molecule has 2 aliphatic rings. The van der Waals surface area contributed by atoms with Crippen molar-refractivity contribution in [1.82, 2.24) is 0 Å². The van der Waals surface area contributed by atoms with E-state index in [1.807, 2.05) is 6.07 Å². The van der Waals surface area contributed by atoms with Gasteiger partial charge in [0.1, 0.15) is 0 Å². The fourth-order valence-corrected chi connectivity index (χ4v) is 3.70. The minimum Gasteiger partial charge on any atom is -0.358 e. The Morgan fingerprint density at radius 3 is 2.09 bits per heavy atom. The van der Waals surface area contributed by atoms with E-state index in [1.165, 1.54) is 44.5 Å². The Kier molecular flexibility index (Phi) is 4.10. The Morgan fingerprint density at radius 1 is 0.682 bits per heavy atom. The molecule has 0 saturated carbocycles. The first kappa shape index (κ1) is 15.7. The smallest absolute Gasteiger partial charge is 0 e. The first-order valence-electron chi connectivity index (χ1n) is 7.13. The molecule has 0 heterocycles. The zero-order chi connectivity index (χ0) is 13.1. The predicted octanol–water partition coefficient (Wildman–Crippen LogP) is 5.08. The third-order valence-corrected chi connectivity index (χ3v) is 4.64. The van der Waals surface area contributed by atoms with E-state index in [1.54, 1.807) is 0 Å². The monoisotopic (exact) mass is 357 g/mol. The van der Waals surface area contributed by atoms with Gasteiger partial charge in [0.25, 0.3) is 0 Å². The Bertz CT molecular complexity index is 788. The Balaban J connectivity index is 0.000000720. The first-order chi connectivity index (χ1) is 9.90. The van der Waals surface area contributed by atoms with Crippen molar-refractivity contribution in [2.75, 3.05) is 0 Å². The van der Waals surface area contributed by atoms with Gasteiger partial charge in [-0.3, -0.25) is 0 Å². The van der Waals surface area contributed by atoms with E-state index in [0.29, 0.717) is 0 Å². The van der Waals surface area contributed by atoms with E-state index in [-0.39, 0.29) is 40.1 Å². The molecule has 2 aliphatic carbocycles. The first-order valence-corrected chi connectivity index (χ1v) is 7.13. The summed E-state index contributed by atoms with van der Waals surface area (Å²) in [6, 6.07) is 23.2. The number of hydrogen-bond acceptors (Lipinski definition) is 0. The summed E-state index contributed by atoms with van der Waals surface area (Å²) in [5.74, 6) is 0. The van der Waals surface area contributed by atoms with E-state index in [4.69, 9.17) is 0 Å². The average Bonchev–Trinajstić information content (AvgIpc) is 3.02. The molecule has 0 N–H and O–H groups in total. The van der Waals surface area contributed by atoms with Crippen LogP contribution in [0.4, 0.5) is 0 Å². The molecule has 0 amide bonds. The van der Waals surface area contributed by atoms with E-state index in [9.17, 15) is 0 Å². The third kappa shape index (κ3) is 2.13. The minimum absolute atomic E-state index is 0. The Morgan fingerprint density at radius 2 is 1.32 bits per heavy atom. The SMILES string of the molecule is [CH3-].[Y].[c-]1ccc2c(c1)Cc1cc3c(cc1-2)Cc1ccccc1-3. The molecule has 0 nitrogen and oxygen atoms in total. The van der Waals surface area contributed by atoms with E-state index < -0.39 is 0 Å². The van der Waals surface area contributed by atoms with Crippen LogP contribution in [0.15, 0.2) is 54.6 Å². The molecule has 1 radical (unpaired) electrons. The van der Waals surface area contributed by atoms with E-state index >= 15 is 0 Å². The van der Waals surface area contributed by atoms with Crippen molar-refractivity contribution in [3.63, 3.8) is 0 Å². The minimum atomic E-state index is 0. The Hall–Kier alpha value is -1.24. The van der Waals surface area contributed by atoms with Crippen LogP contribution in [0.3, 0.4) is 0 Å². The van der Waals surface area contributed by atoms with Crippen molar-refractivity contribution in [3.05, 3.63) is 90.3 Å². The van der Waals surface area contributed by atoms with Crippen LogP contribution in [0.25, 0.3) is 22.3 Å². The van der Waals surface area contributed by atoms with Crippen molar-refractivity contribution in [3.8, 4) is 22.3 Å². The van der Waals surface area contributed by atoms with Crippen LogP contribution in [0, 0.1) is 13.5 Å².